The average molecular weight is 370 g/mol. The maximum Gasteiger partial charge on any atom is 0.302 e. The van der Waals surface area contributed by atoms with Crippen molar-refractivity contribution in [2.45, 2.75) is 0 Å². The van der Waals surface area contributed by atoms with Crippen LogP contribution in [0.5, 0.6) is 6.01 Å². The average Bonchev–Trinajstić information content (AvgIpc) is 3.22. The molecule has 0 aliphatic carbocycles. The third-order valence-electron chi connectivity index (χ3n) is 4.48. The predicted octanol–water partition coefficient (Wildman–Crippen LogP) is 3.40. The van der Waals surface area contributed by atoms with Gasteiger partial charge in [-0.25, -0.2) is 9.97 Å². The van der Waals surface area contributed by atoms with Crippen LogP contribution in [0.25, 0.3) is 28.0 Å². The number of methoxy groups -OCH3 is 1. The van der Waals surface area contributed by atoms with E-state index >= 15 is 0 Å². The van der Waals surface area contributed by atoms with E-state index in [1.54, 1.807) is 25.4 Å². The summed E-state index contributed by atoms with van der Waals surface area (Å²) in [6.45, 7) is 0. The molecule has 0 saturated carbocycles. The number of anilines is 1. The maximum absolute atomic E-state index is 9.09. The molecule has 4 rings (SSSR count). The van der Waals surface area contributed by atoms with Gasteiger partial charge in [0.1, 0.15) is 5.82 Å². The van der Waals surface area contributed by atoms with E-state index in [9.17, 15) is 0 Å². The lowest BCUT2D eigenvalue weighted by Gasteiger charge is -2.15. The first kappa shape index (κ1) is 17.5. The molecule has 0 spiro atoms. The molecule has 0 saturated heterocycles. The summed E-state index contributed by atoms with van der Waals surface area (Å²) < 4.78 is 7.28. The van der Waals surface area contributed by atoms with Crippen molar-refractivity contribution in [3.05, 3.63) is 60.6 Å². The van der Waals surface area contributed by atoms with Crippen molar-refractivity contribution in [2.24, 2.45) is 0 Å². The Balaban J connectivity index is 1.99. The highest BCUT2D eigenvalue weighted by molar-refractivity contribution is 5.90. The van der Waals surface area contributed by atoms with Crippen LogP contribution in [-0.2, 0) is 0 Å². The Bertz CT molecular complexity index is 1170. The van der Waals surface area contributed by atoms with Gasteiger partial charge >= 0.3 is 6.01 Å². The van der Waals surface area contributed by atoms with Gasteiger partial charge in [-0.2, -0.15) is 10.2 Å². The summed E-state index contributed by atoms with van der Waals surface area (Å²) in [4.78, 5) is 15.7. The molecule has 0 bridgehead atoms. The molecule has 0 radical (unpaired) electrons. The summed E-state index contributed by atoms with van der Waals surface area (Å²) in [6.07, 6.45) is 5.35. The Morgan fingerprint density at radius 2 is 1.79 bits per heavy atom. The Morgan fingerprint density at radius 3 is 2.39 bits per heavy atom. The molecule has 138 valence electrons. The zero-order valence-electron chi connectivity index (χ0n) is 15.8. The molecule has 3 heterocycles. The van der Waals surface area contributed by atoms with Crippen LogP contribution < -0.4 is 9.64 Å². The fourth-order valence-electron chi connectivity index (χ4n) is 3.07. The van der Waals surface area contributed by atoms with Crippen LogP contribution in [0, 0.1) is 11.3 Å². The standard InChI is InChI=1S/C21H18N6O/c1-26(2)17-9-8-16(13-24-17)18-19(15-6-4-14(12-22)5-7-15)25-21(28-3)27-11-10-23-20(18)27/h4-11,13H,1-3H3. The van der Waals surface area contributed by atoms with Gasteiger partial charge in [-0.05, 0) is 24.3 Å². The molecule has 0 atom stereocenters. The lowest BCUT2D eigenvalue weighted by atomic mass is 10.0. The number of fused-ring (bicyclic) bond motifs is 1. The Kier molecular flexibility index (Phi) is 4.38. The summed E-state index contributed by atoms with van der Waals surface area (Å²) in [5, 5.41) is 9.09. The van der Waals surface area contributed by atoms with E-state index in [1.807, 2.05) is 60.1 Å². The maximum atomic E-state index is 9.09. The number of nitrogens with zero attached hydrogens (tertiary/aromatic N) is 6. The summed E-state index contributed by atoms with van der Waals surface area (Å²) in [6, 6.07) is 13.9. The zero-order valence-corrected chi connectivity index (χ0v) is 15.8. The molecular formula is C21H18N6O. The van der Waals surface area contributed by atoms with Crippen molar-refractivity contribution >= 4 is 11.5 Å². The molecule has 28 heavy (non-hydrogen) atoms. The highest BCUT2D eigenvalue weighted by Crippen LogP contribution is 2.36. The Morgan fingerprint density at radius 1 is 1.04 bits per heavy atom. The van der Waals surface area contributed by atoms with Crippen molar-refractivity contribution in [1.29, 1.82) is 5.26 Å². The number of rotatable bonds is 4. The van der Waals surface area contributed by atoms with Gasteiger partial charge in [-0.1, -0.05) is 12.1 Å². The van der Waals surface area contributed by atoms with Gasteiger partial charge in [-0.15, -0.1) is 0 Å². The molecule has 1 aromatic carbocycles. The van der Waals surface area contributed by atoms with Crippen molar-refractivity contribution in [2.75, 3.05) is 26.1 Å². The summed E-state index contributed by atoms with van der Waals surface area (Å²) in [5.74, 6) is 0.865. The summed E-state index contributed by atoms with van der Waals surface area (Å²) in [5.41, 5.74) is 4.67. The van der Waals surface area contributed by atoms with Crippen LogP contribution in [-0.4, -0.2) is 40.6 Å². The van der Waals surface area contributed by atoms with Gasteiger partial charge in [0.15, 0.2) is 5.65 Å². The Hall–Kier alpha value is -3.92. The number of imidazole rings is 1. The summed E-state index contributed by atoms with van der Waals surface area (Å²) in [7, 11) is 5.48. The second-order valence-corrected chi connectivity index (χ2v) is 6.43. The van der Waals surface area contributed by atoms with E-state index in [2.05, 4.69) is 16.0 Å². The molecule has 4 aromatic rings. The molecule has 3 aromatic heterocycles. The van der Waals surface area contributed by atoms with Gasteiger partial charge in [0.25, 0.3) is 0 Å². The number of hydrogen-bond acceptors (Lipinski definition) is 6. The molecule has 0 unspecified atom stereocenters. The molecule has 0 aliphatic heterocycles. The first-order chi connectivity index (χ1) is 13.6. The Labute approximate surface area is 162 Å². The summed E-state index contributed by atoms with van der Waals surface area (Å²) >= 11 is 0. The minimum Gasteiger partial charge on any atom is -0.468 e. The number of aromatic nitrogens is 4. The molecule has 0 aliphatic rings. The van der Waals surface area contributed by atoms with Gasteiger partial charge in [0.05, 0.1) is 30.0 Å². The number of ether oxygens (including phenoxy) is 1. The molecule has 7 nitrogen and oxygen atoms in total. The quantitative estimate of drug-likeness (QED) is 0.548. The molecule has 0 fully saturated rings. The van der Waals surface area contributed by atoms with E-state index in [-0.39, 0.29) is 0 Å². The van der Waals surface area contributed by atoms with E-state index in [0.29, 0.717) is 11.6 Å². The molecule has 0 amide bonds. The largest absolute Gasteiger partial charge is 0.468 e. The minimum absolute atomic E-state index is 0.438. The molecular weight excluding hydrogens is 352 g/mol. The van der Waals surface area contributed by atoms with Crippen LogP contribution in [0.4, 0.5) is 5.82 Å². The van der Waals surface area contributed by atoms with Crippen molar-refractivity contribution in [3.63, 3.8) is 0 Å². The number of nitriles is 1. The van der Waals surface area contributed by atoms with Gasteiger partial charge in [0.2, 0.25) is 0 Å². The minimum atomic E-state index is 0.438. The number of pyridine rings is 1. The van der Waals surface area contributed by atoms with Crippen molar-refractivity contribution in [3.8, 4) is 34.5 Å². The van der Waals surface area contributed by atoms with Crippen LogP contribution in [0.3, 0.4) is 0 Å². The zero-order chi connectivity index (χ0) is 19.7. The van der Waals surface area contributed by atoms with Gasteiger partial charge in [-0.3, -0.25) is 4.40 Å². The van der Waals surface area contributed by atoms with E-state index in [0.717, 1.165) is 33.8 Å². The van der Waals surface area contributed by atoms with Gasteiger partial charge in [0, 0.05) is 43.8 Å². The second-order valence-electron chi connectivity index (χ2n) is 6.43. The normalized spacial score (nSPS) is 10.6. The third kappa shape index (κ3) is 2.91. The van der Waals surface area contributed by atoms with Crippen molar-refractivity contribution in [1.82, 2.24) is 19.4 Å². The lowest BCUT2D eigenvalue weighted by molar-refractivity contribution is 0.375. The fourth-order valence-corrected chi connectivity index (χ4v) is 3.07. The highest BCUT2D eigenvalue weighted by atomic mass is 16.5. The van der Waals surface area contributed by atoms with Crippen LogP contribution in [0.1, 0.15) is 5.56 Å². The van der Waals surface area contributed by atoms with E-state index in [1.165, 1.54) is 0 Å². The number of hydrogen-bond donors (Lipinski definition) is 0. The molecule has 0 N–H and O–H groups in total. The molecule has 7 heteroatoms. The fraction of sp³-hybridized carbons (Fsp3) is 0.143. The van der Waals surface area contributed by atoms with Crippen LogP contribution in [0.2, 0.25) is 0 Å². The van der Waals surface area contributed by atoms with Crippen molar-refractivity contribution < 1.29 is 4.74 Å². The third-order valence-corrected chi connectivity index (χ3v) is 4.48. The second kappa shape index (κ2) is 7.00. The van der Waals surface area contributed by atoms with Crippen LogP contribution >= 0.6 is 0 Å². The topological polar surface area (TPSA) is 79.3 Å². The highest BCUT2D eigenvalue weighted by Gasteiger charge is 2.19. The number of benzene rings is 1. The monoisotopic (exact) mass is 370 g/mol. The smallest absolute Gasteiger partial charge is 0.302 e. The SMILES string of the molecule is COc1nc(-c2ccc(C#N)cc2)c(-c2ccc(N(C)C)nc2)c2nccn12. The van der Waals surface area contributed by atoms with Crippen LogP contribution in [0.15, 0.2) is 55.0 Å². The first-order valence-electron chi connectivity index (χ1n) is 8.67. The predicted molar refractivity (Wildman–Crippen MR) is 107 cm³/mol. The van der Waals surface area contributed by atoms with E-state index in [4.69, 9.17) is 15.0 Å². The lowest BCUT2D eigenvalue weighted by Crippen LogP contribution is -2.10. The van der Waals surface area contributed by atoms with Gasteiger partial charge < -0.3 is 9.64 Å². The first-order valence-corrected chi connectivity index (χ1v) is 8.67. The van der Waals surface area contributed by atoms with E-state index < -0.39 is 0 Å².